The fraction of sp³-hybridized carbons (Fsp3) is 0.259. The van der Waals surface area contributed by atoms with Crippen LogP contribution in [0, 0.1) is 23.1 Å². The number of hydrogen-bond donors (Lipinski definition) is 2. The summed E-state index contributed by atoms with van der Waals surface area (Å²) in [6.45, 7) is 5.00. The van der Waals surface area contributed by atoms with Crippen molar-refractivity contribution in [2.75, 3.05) is 25.6 Å². The molecule has 2 aromatic heterocycles. The number of carboxylic acid groups (broad SMARTS) is 1. The lowest BCUT2D eigenvalue weighted by Gasteiger charge is -2.13. The monoisotopic (exact) mass is 503 g/mol. The number of halogens is 1. The van der Waals surface area contributed by atoms with Gasteiger partial charge in [-0.1, -0.05) is 19.9 Å². The SMILES string of the molecule is COc1ccc(F)c2c1cc(C#N)n2CCNc1cc(-c2ccc(C(=O)O)c(OCC(C)C)c2)ncn1. The normalized spacial score (nSPS) is 10.9. The molecular weight excluding hydrogens is 477 g/mol. The van der Waals surface area contributed by atoms with Crippen LogP contribution in [0.15, 0.2) is 48.8 Å². The average Bonchev–Trinajstić information content (AvgIpc) is 3.27. The van der Waals surface area contributed by atoms with E-state index in [0.717, 1.165) is 0 Å². The molecule has 0 amide bonds. The number of ether oxygens (including phenoxy) is 2. The van der Waals surface area contributed by atoms with Gasteiger partial charge in [0.25, 0.3) is 0 Å². The maximum absolute atomic E-state index is 14.6. The number of rotatable bonds is 10. The number of aromatic nitrogens is 3. The van der Waals surface area contributed by atoms with Crippen LogP contribution in [0.1, 0.15) is 29.9 Å². The summed E-state index contributed by atoms with van der Waals surface area (Å²) in [6, 6.07) is 13.1. The van der Waals surface area contributed by atoms with Crippen molar-refractivity contribution in [3.8, 4) is 28.8 Å². The molecule has 0 saturated heterocycles. The minimum absolute atomic E-state index is 0.0768. The summed E-state index contributed by atoms with van der Waals surface area (Å²) in [5, 5.41) is 22.8. The maximum atomic E-state index is 14.6. The van der Waals surface area contributed by atoms with Gasteiger partial charge in [-0.15, -0.1) is 0 Å². The fourth-order valence-corrected chi connectivity index (χ4v) is 3.96. The number of methoxy groups -OCH3 is 1. The van der Waals surface area contributed by atoms with E-state index in [-0.39, 0.29) is 17.2 Å². The summed E-state index contributed by atoms with van der Waals surface area (Å²) in [7, 11) is 1.50. The third-order valence-corrected chi connectivity index (χ3v) is 5.69. The first-order valence-electron chi connectivity index (χ1n) is 11.6. The van der Waals surface area contributed by atoms with Crippen molar-refractivity contribution in [2.24, 2.45) is 5.92 Å². The molecule has 4 rings (SSSR count). The highest BCUT2D eigenvalue weighted by atomic mass is 19.1. The number of benzene rings is 2. The van der Waals surface area contributed by atoms with Gasteiger partial charge in [-0.05, 0) is 36.2 Å². The molecule has 0 aliphatic carbocycles. The summed E-state index contributed by atoms with van der Waals surface area (Å²) in [6.07, 6.45) is 1.40. The first kappa shape index (κ1) is 25.4. The Balaban J connectivity index is 1.55. The maximum Gasteiger partial charge on any atom is 0.339 e. The second kappa shape index (κ2) is 11.0. The highest BCUT2D eigenvalue weighted by Crippen LogP contribution is 2.31. The summed E-state index contributed by atoms with van der Waals surface area (Å²) >= 11 is 0. The van der Waals surface area contributed by atoms with Crippen LogP contribution in [0.3, 0.4) is 0 Å². The second-order valence-corrected chi connectivity index (χ2v) is 8.74. The van der Waals surface area contributed by atoms with E-state index in [1.807, 2.05) is 13.8 Å². The number of nitrogens with one attached hydrogen (secondary N) is 1. The van der Waals surface area contributed by atoms with Gasteiger partial charge in [-0.3, -0.25) is 0 Å². The van der Waals surface area contributed by atoms with Crippen LogP contribution in [0.2, 0.25) is 0 Å². The summed E-state index contributed by atoms with van der Waals surface area (Å²) < 4.78 is 27.3. The molecule has 0 aliphatic heterocycles. The molecule has 2 aromatic carbocycles. The molecule has 190 valence electrons. The third-order valence-electron chi connectivity index (χ3n) is 5.69. The molecule has 0 saturated carbocycles. The first-order valence-corrected chi connectivity index (χ1v) is 11.6. The molecule has 10 heteroatoms. The van der Waals surface area contributed by atoms with Gasteiger partial charge in [0.1, 0.15) is 46.8 Å². The van der Waals surface area contributed by atoms with E-state index in [9.17, 15) is 19.6 Å². The van der Waals surface area contributed by atoms with Gasteiger partial charge in [0, 0.05) is 30.1 Å². The van der Waals surface area contributed by atoms with Crippen molar-refractivity contribution in [3.63, 3.8) is 0 Å². The predicted molar refractivity (Wildman–Crippen MR) is 136 cm³/mol. The van der Waals surface area contributed by atoms with Crippen LogP contribution >= 0.6 is 0 Å². The molecule has 0 aliphatic rings. The molecule has 2 N–H and O–H groups in total. The topological polar surface area (TPSA) is 122 Å². The quantitative estimate of drug-likeness (QED) is 0.311. The lowest BCUT2D eigenvalue weighted by molar-refractivity contribution is 0.0691. The molecular formula is C27H26FN5O4. The smallest absolute Gasteiger partial charge is 0.339 e. The number of hydrogen-bond acceptors (Lipinski definition) is 7. The Morgan fingerprint density at radius 2 is 2.00 bits per heavy atom. The predicted octanol–water partition coefficient (Wildman–Crippen LogP) is 4.96. The Bertz CT molecular complexity index is 1490. The average molecular weight is 504 g/mol. The standard InChI is InChI=1S/C27H26FN5O4/c1-16(2)14-37-24-10-17(4-5-19(24)27(34)35)22-12-25(32-15-31-22)30-8-9-33-18(13-29)11-20-23(36-3)7-6-21(28)26(20)33/h4-7,10-12,15-16H,8-9,14H2,1-3H3,(H,34,35)(H,30,31,32). The Morgan fingerprint density at radius 1 is 1.19 bits per heavy atom. The van der Waals surface area contributed by atoms with Crippen LogP contribution in [-0.2, 0) is 6.54 Å². The van der Waals surface area contributed by atoms with Crippen LogP contribution in [0.4, 0.5) is 10.2 Å². The molecule has 4 aromatic rings. The van der Waals surface area contributed by atoms with Crippen molar-refractivity contribution in [2.45, 2.75) is 20.4 Å². The lowest BCUT2D eigenvalue weighted by Crippen LogP contribution is -2.13. The molecule has 0 spiro atoms. The summed E-state index contributed by atoms with van der Waals surface area (Å²) in [5.74, 6) is -0.00206. The molecule has 0 radical (unpaired) electrons. The number of anilines is 1. The summed E-state index contributed by atoms with van der Waals surface area (Å²) in [4.78, 5) is 20.2. The molecule has 9 nitrogen and oxygen atoms in total. The van der Waals surface area contributed by atoms with E-state index in [0.29, 0.717) is 59.1 Å². The van der Waals surface area contributed by atoms with Crippen molar-refractivity contribution >= 4 is 22.7 Å². The number of carbonyl (C=O) groups is 1. The Hall–Kier alpha value is -4.65. The van der Waals surface area contributed by atoms with Crippen molar-refractivity contribution in [1.82, 2.24) is 14.5 Å². The Kier molecular flexibility index (Phi) is 7.53. The number of carboxylic acids is 1. The second-order valence-electron chi connectivity index (χ2n) is 8.74. The van der Waals surface area contributed by atoms with Crippen molar-refractivity contribution in [1.29, 1.82) is 5.26 Å². The number of nitriles is 1. The van der Waals surface area contributed by atoms with Gasteiger partial charge in [-0.2, -0.15) is 5.26 Å². The highest BCUT2D eigenvalue weighted by Gasteiger charge is 2.17. The van der Waals surface area contributed by atoms with E-state index in [4.69, 9.17) is 9.47 Å². The van der Waals surface area contributed by atoms with Gasteiger partial charge >= 0.3 is 5.97 Å². The summed E-state index contributed by atoms with van der Waals surface area (Å²) in [5.41, 5.74) is 1.94. The van der Waals surface area contributed by atoms with E-state index < -0.39 is 11.8 Å². The van der Waals surface area contributed by atoms with Gasteiger partial charge in [0.15, 0.2) is 0 Å². The van der Waals surface area contributed by atoms with E-state index in [1.54, 1.807) is 28.8 Å². The van der Waals surface area contributed by atoms with Crippen LogP contribution in [0.25, 0.3) is 22.2 Å². The van der Waals surface area contributed by atoms with Gasteiger partial charge < -0.3 is 24.5 Å². The largest absolute Gasteiger partial charge is 0.496 e. The highest BCUT2D eigenvalue weighted by molar-refractivity contribution is 5.92. The van der Waals surface area contributed by atoms with Crippen LogP contribution in [0.5, 0.6) is 11.5 Å². The molecule has 0 bridgehead atoms. The van der Waals surface area contributed by atoms with Gasteiger partial charge in [-0.25, -0.2) is 19.2 Å². The number of nitrogens with zero attached hydrogens (tertiary/aromatic N) is 4. The molecule has 0 fully saturated rings. The minimum atomic E-state index is -1.07. The van der Waals surface area contributed by atoms with E-state index in [2.05, 4.69) is 21.4 Å². The zero-order chi connectivity index (χ0) is 26.5. The Morgan fingerprint density at radius 3 is 2.70 bits per heavy atom. The lowest BCUT2D eigenvalue weighted by atomic mass is 10.1. The van der Waals surface area contributed by atoms with Crippen molar-refractivity contribution in [3.05, 3.63) is 65.9 Å². The minimum Gasteiger partial charge on any atom is -0.496 e. The van der Waals surface area contributed by atoms with E-state index in [1.165, 1.54) is 31.6 Å². The third kappa shape index (κ3) is 5.46. The van der Waals surface area contributed by atoms with Crippen LogP contribution < -0.4 is 14.8 Å². The first-order chi connectivity index (χ1) is 17.8. The van der Waals surface area contributed by atoms with Gasteiger partial charge in [0.05, 0.1) is 24.9 Å². The fourth-order valence-electron chi connectivity index (χ4n) is 3.96. The Labute approximate surface area is 213 Å². The number of fused-ring (bicyclic) bond motifs is 1. The molecule has 37 heavy (non-hydrogen) atoms. The zero-order valence-electron chi connectivity index (χ0n) is 20.7. The van der Waals surface area contributed by atoms with E-state index >= 15 is 0 Å². The molecule has 0 unspecified atom stereocenters. The molecule has 2 heterocycles. The van der Waals surface area contributed by atoms with Crippen LogP contribution in [-0.4, -0.2) is 45.9 Å². The zero-order valence-corrected chi connectivity index (χ0v) is 20.7. The van der Waals surface area contributed by atoms with Crippen molar-refractivity contribution < 1.29 is 23.8 Å². The number of aromatic carboxylic acids is 1. The van der Waals surface area contributed by atoms with Gasteiger partial charge in [0.2, 0.25) is 0 Å². The molecule has 0 atom stereocenters.